The maximum absolute atomic E-state index is 12.2. The number of hydrogen-bond acceptors (Lipinski definition) is 4. The largest absolute Gasteiger partial charge is 0.326 e. The number of hydrogen-bond donors (Lipinski definition) is 2. The van der Waals surface area contributed by atoms with Gasteiger partial charge in [0.25, 0.3) is 0 Å². The van der Waals surface area contributed by atoms with E-state index in [4.69, 9.17) is 5.73 Å². The molecule has 1 aliphatic heterocycles. The van der Waals surface area contributed by atoms with Gasteiger partial charge in [0.2, 0.25) is 15.9 Å². The minimum absolute atomic E-state index is 0.197. The van der Waals surface area contributed by atoms with Gasteiger partial charge in [0.1, 0.15) is 0 Å². The lowest BCUT2D eigenvalue weighted by Gasteiger charge is -2.44. The Morgan fingerprint density at radius 1 is 1.32 bits per heavy atom. The Balaban J connectivity index is 2.16. The lowest BCUT2D eigenvalue weighted by atomic mass is 9.97. The first-order valence-electron chi connectivity index (χ1n) is 5.87. The van der Waals surface area contributed by atoms with Crippen LogP contribution in [0.2, 0.25) is 0 Å². The normalized spacial score (nSPS) is 18.7. The van der Waals surface area contributed by atoms with Gasteiger partial charge < -0.3 is 11.1 Å². The van der Waals surface area contributed by atoms with Crippen LogP contribution in [0.5, 0.6) is 0 Å². The quantitative estimate of drug-likeness (QED) is 0.838. The SMILES string of the molecule is CC(=O)Nc1ccc(S(=O)(=O)N2CC(C)(N)C2)cc1. The monoisotopic (exact) mass is 283 g/mol. The molecule has 0 atom stereocenters. The fraction of sp³-hybridized carbons (Fsp3) is 0.417. The van der Waals surface area contributed by atoms with Crippen LogP contribution in [0, 0.1) is 0 Å². The van der Waals surface area contributed by atoms with Gasteiger partial charge in [-0.25, -0.2) is 8.42 Å². The molecule has 1 fully saturated rings. The summed E-state index contributed by atoms with van der Waals surface area (Å²) >= 11 is 0. The second-order valence-electron chi connectivity index (χ2n) is 5.13. The standard InChI is InChI=1S/C12H17N3O3S/c1-9(16)14-10-3-5-11(6-4-10)19(17,18)15-7-12(2,13)8-15/h3-6H,7-8,13H2,1-2H3,(H,14,16). The van der Waals surface area contributed by atoms with Crippen LogP contribution in [-0.2, 0) is 14.8 Å². The minimum Gasteiger partial charge on any atom is -0.326 e. The number of carbonyl (C=O) groups is 1. The number of benzene rings is 1. The summed E-state index contributed by atoms with van der Waals surface area (Å²) in [5.74, 6) is -0.197. The summed E-state index contributed by atoms with van der Waals surface area (Å²) in [6, 6.07) is 6.09. The van der Waals surface area contributed by atoms with E-state index in [0.29, 0.717) is 18.8 Å². The van der Waals surface area contributed by atoms with Crippen molar-refractivity contribution in [2.24, 2.45) is 5.73 Å². The molecule has 1 heterocycles. The molecule has 1 saturated heterocycles. The van der Waals surface area contributed by atoms with Gasteiger partial charge in [-0.05, 0) is 31.2 Å². The maximum atomic E-state index is 12.2. The number of nitrogens with zero attached hydrogens (tertiary/aromatic N) is 1. The van der Waals surface area contributed by atoms with Gasteiger partial charge in [0.15, 0.2) is 0 Å². The van der Waals surface area contributed by atoms with Gasteiger partial charge in [-0.2, -0.15) is 4.31 Å². The Morgan fingerprint density at radius 2 is 1.84 bits per heavy atom. The molecule has 1 aromatic rings. The predicted molar refractivity (Wildman–Crippen MR) is 72.1 cm³/mol. The number of sulfonamides is 1. The number of amides is 1. The average Bonchev–Trinajstić information content (AvgIpc) is 2.25. The first-order chi connectivity index (χ1) is 8.71. The van der Waals surface area contributed by atoms with E-state index in [1.807, 2.05) is 6.92 Å². The van der Waals surface area contributed by atoms with E-state index in [1.165, 1.54) is 23.4 Å². The molecule has 104 valence electrons. The molecule has 2 rings (SSSR count). The van der Waals surface area contributed by atoms with Crippen LogP contribution in [0.3, 0.4) is 0 Å². The fourth-order valence-electron chi connectivity index (χ4n) is 1.99. The third-order valence-electron chi connectivity index (χ3n) is 2.89. The van der Waals surface area contributed by atoms with Crippen molar-refractivity contribution in [1.29, 1.82) is 0 Å². The number of rotatable bonds is 3. The topological polar surface area (TPSA) is 92.5 Å². The first kappa shape index (κ1) is 14.0. The van der Waals surface area contributed by atoms with Crippen LogP contribution in [0.1, 0.15) is 13.8 Å². The molecule has 1 aliphatic rings. The summed E-state index contributed by atoms with van der Waals surface area (Å²) in [5, 5.41) is 2.59. The molecule has 7 heteroatoms. The molecule has 19 heavy (non-hydrogen) atoms. The zero-order valence-corrected chi connectivity index (χ0v) is 11.7. The Kier molecular flexibility index (Phi) is 3.38. The highest BCUT2D eigenvalue weighted by atomic mass is 32.2. The predicted octanol–water partition coefficient (Wildman–Crippen LogP) is 0.367. The van der Waals surface area contributed by atoms with Crippen LogP contribution in [-0.4, -0.2) is 37.3 Å². The molecule has 0 bridgehead atoms. The third-order valence-corrected chi connectivity index (χ3v) is 4.69. The molecule has 0 radical (unpaired) electrons. The van der Waals surface area contributed by atoms with Crippen LogP contribution >= 0.6 is 0 Å². The van der Waals surface area contributed by atoms with Crippen molar-refractivity contribution in [2.45, 2.75) is 24.3 Å². The van der Waals surface area contributed by atoms with Crippen molar-refractivity contribution >= 4 is 21.6 Å². The molecular weight excluding hydrogens is 266 g/mol. The van der Waals surface area contributed by atoms with E-state index >= 15 is 0 Å². The smallest absolute Gasteiger partial charge is 0.243 e. The van der Waals surface area contributed by atoms with Crippen LogP contribution in [0.15, 0.2) is 29.2 Å². The van der Waals surface area contributed by atoms with Gasteiger partial charge in [-0.15, -0.1) is 0 Å². The molecule has 1 aromatic carbocycles. The summed E-state index contributed by atoms with van der Waals surface area (Å²) in [6.07, 6.45) is 0. The highest BCUT2D eigenvalue weighted by Gasteiger charge is 2.42. The van der Waals surface area contributed by atoms with Gasteiger partial charge in [-0.1, -0.05) is 0 Å². The molecule has 0 aromatic heterocycles. The van der Waals surface area contributed by atoms with Crippen molar-refractivity contribution < 1.29 is 13.2 Å². The summed E-state index contributed by atoms with van der Waals surface area (Å²) in [5.41, 5.74) is 5.94. The van der Waals surface area contributed by atoms with Crippen molar-refractivity contribution in [3.8, 4) is 0 Å². The first-order valence-corrected chi connectivity index (χ1v) is 7.31. The fourth-order valence-corrected chi connectivity index (χ4v) is 3.70. The molecule has 0 saturated carbocycles. The van der Waals surface area contributed by atoms with Crippen LogP contribution in [0.4, 0.5) is 5.69 Å². The summed E-state index contributed by atoms with van der Waals surface area (Å²) in [7, 11) is -3.48. The van der Waals surface area contributed by atoms with Gasteiger partial charge in [-0.3, -0.25) is 4.79 Å². The average molecular weight is 283 g/mol. The molecule has 3 N–H and O–H groups in total. The van der Waals surface area contributed by atoms with E-state index in [0.717, 1.165) is 0 Å². The number of nitrogens with two attached hydrogens (primary N) is 1. The van der Waals surface area contributed by atoms with E-state index in [1.54, 1.807) is 12.1 Å². The van der Waals surface area contributed by atoms with E-state index in [-0.39, 0.29) is 10.8 Å². The van der Waals surface area contributed by atoms with E-state index < -0.39 is 15.6 Å². The summed E-state index contributed by atoms with van der Waals surface area (Å²) in [6.45, 7) is 3.86. The zero-order valence-electron chi connectivity index (χ0n) is 10.9. The lowest BCUT2D eigenvalue weighted by molar-refractivity contribution is -0.114. The molecule has 6 nitrogen and oxygen atoms in total. The van der Waals surface area contributed by atoms with Gasteiger partial charge in [0, 0.05) is 31.2 Å². The summed E-state index contributed by atoms with van der Waals surface area (Å²) in [4.78, 5) is 11.1. The Bertz CT molecular complexity index is 585. The van der Waals surface area contributed by atoms with Crippen LogP contribution in [0.25, 0.3) is 0 Å². The molecule has 1 amide bonds. The van der Waals surface area contributed by atoms with E-state index in [2.05, 4.69) is 5.32 Å². The highest BCUT2D eigenvalue weighted by molar-refractivity contribution is 7.89. The molecular formula is C12H17N3O3S. The van der Waals surface area contributed by atoms with Crippen molar-refractivity contribution in [3.05, 3.63) is 24.3 Å². The number of carbonyl (C=O) groups excluding carboxylic acids is 1. The van der Waals surface area contributed by atoms with Crippen molar-refractivity contribution in [3.63, 3.8) is 0 Å². The highest BCUT2D eigenvalue weighted by Crippen LogP contribution is 2.26. The van der Waals surface area contributed by atoms with E-state index in [9.17, 15) is 13.2 Å². The minimum atomic E-state index is -3.48. The van der Waals surface area contributed by atoms with Gasteiger partial charge >= 0.3 is 0 Å². The second kappa shape index (κ2) is 4.59. The van der Waals surface area contributed by atoms with Crippen molar-refractivity contribution in [2.75, 3.05) is 18.4 Å². The lowest BCUT2D eigenvalue weighted by Crippen LogP contribution is -2.66. The number of nitrogens with one attached hydrogen (secondary N) is 1. The van der Waals surface area contributed by atoms with Crippen LogP contribution < -0.4 is 11.1 Å². The Morgan fingerprint density at radius 3 is 2.26 bits per heavy atom. The second-order valence-corrected chi connectivity index (χ2v) is 7.07. The maximum Gasteiger partial charge on any atom is 0.243 e. The number of anilines is 1. The Labute approximate surface area is 112 Å². The van der Waals surface area contributed by atoms with Gasteiger partial charge in [0.05, 0.1) is 4.90 Å². The summed E-state index contributed by atoms with van der Waals surface area (Å²) < 4.78 is 25.8. The molecule has 0 aliphatic carbocycles. The van der Waals surface area contributed by atoms with Crippen molar-refractivity contribution in [1.82, 2.24) is 4.31 Å². The Hall–Kier alpha value is -1.44. The third kappa shape index (κ3) is 2.94. The molecule has 0 unspecified atom stereocenters. The molecule has 0 spiro atoms. The zero-order chi connectivity index (χ0) is 14.3.